The van der Waals surface area contributed by atoms with Gasteiger partial charge in [-0.25, -0.2) is 9.29 Å². The van der Waals surface area contributed by atoms with Gasteiger partial charge in [0.1, 0.15) is 5.65 Å². The highest BCUT2D eigenvalue weighted by Gasteiger charge is 2.35. The molecule has 0 aliphatic heterocycles. The summed E-state index contributed by atoms with van der Waals surface area (Å²) in [5.74, 6) is -0.552. The highest BCUT2D eigenvalue weighted by atomic mass is 32.2. The summed E-state index contributed by atoms with van der Waals surface area (Å²) in [4.78, 5) is 17.9. The largest absolute Gasteiger partial charge is 0.755 e. The summed E-state index contributed by atoms with van der Waals surface area (Å²) in [5.41, 5.74) is 7.94. The average molecular weight is 557 g/mol. The van der Waals surface area contributed by atoms with Crippen molar-refractivity contribution in [1.82, 2.24) is 9.55 Å². The minimum Gasteiger partial charge on any atom is -0.755 e. The maximum Gasteiger partial charge on any atom is 0.241 e. The van der Waals surface area contributed by atoms with E-state index in [1.54, 1.807) is 12.1 Å². The van der Waals surface area contributed by atoms with Crippen LogP contribution in [-0.2, 0) is 35.4 Å². The number of aromatic nitrogens is 2. The van der Waals surface area contributed by atoms with Crippen LogP contribution in [0.3, 0.4) is 0 Å². The van der Waals surface area contributed by atoms with Crippen molar-refractivity contribution in [1.29, 1.82) is 0 Å². The summed E-state index contributed by atoms with van der Waals surface area (Å²) in [6.45, 7) is 7.33. The number of nitrogens with zero attached hydrogens (tertiary/aromatic N) is 3. The summed E-state index contributed by atoms with van der Waals surface area (Å²) < 4.78 is 27.5. The molecule has 1 fully saturated rings. The molecule has 1 unspecified atom stereocenters. The van der Waals surface area contributed by atoms with E-state index in [1.165, 1.54) is 16.6 Å². The monoisotopic (exact) mass is 556 g/mol. The number of hydrogen-bond donors (Lipinski definition) is 0. The Morgan fingerprint density at radius 2 is 1.73 bits per heavy atom. The Morgan fingerprint density at radius 1 is 1.02 bits per heavy atom. The molecule has 0 saturated heterocycles. The van der Waals surface area contributed by atoms with E-state index in [2.05, 4.69) is 49.6 Å². The Balaban J connectivity index is 1.48. The molecule has 1 saturated carbocycles. The van der Waals surface area contributed by atoms with Gasteiger partial charge < -0.3 is 9.12 Å². The highest BCUT2D eigenvalue weighted by Crippen LogP contribution is 2.37. The molecule has 0 N–H and O–H groups in total. The lowest BCUT2D eigenvalue weighted by atomic mass is 10.0. The van der Waals surface area contributed by atoms with E-state index < -0.39 is 11.3 Å². The van der Waals surface area contributed by atoms with Crippen molar-refractivity contribution in [3.8, 4) is 11.1 Å². The van der Waals surface area contributed by atoms with Crippen LogP contribution in [0.2, 0.25) is 0 Å². The van der Waals surface area contributed by atoms with Gasteiger partial charge in [-0.1, -0.05) is 69.2 Å². The number of carbonyl (C=O) groups excluding carboxylic acids is 1. The summed E-state index contributed by atoms with van der Waals surface area (Å²) >= 11 is -2.68. The van der Waals surface area contributed by atoms with Gasteiger partial charge in [0.15, 0.2) is 0 Å². The lowest BCUT2D eigenvalue weighted by Gasteiger charge is -2.26. The number of aryl methyl sites for hydroxylation is 3. The number of carbonyl (C=O) groups is 1. The first-order chi connectivity index (χ1) is 19.4. The zero-order valence-corrected chi connectivity index (χ0v) is 24.5. The first-order valence-electron chi connectivity index (χ1n) is 14.5. The standard InChI is InChI=1S/C33H39N3O3S/c1-4-6-10-27-20-23(3)30-21-28(11-7-5-2)35(32(30)34-27)22-24-14-16-25(17-15-24)29-12-8-9-13-31(29)36(40(38)39)33(37)26-18-19-26/h8-9,12-17,20-21,26H,4-7,10-11,18-19,22H2,1-3H3,(H,38,39)/p-1. The van der Waals surface area contributed by atoms with Gasteiger partial charge in [-0.05, 0) is 80.3 Å². The molecule has 2 heterocycles. The SMILES string of the molecule is CCCCc1cc(C)c2cc(CCCC)n(Cc3ccc(-c4ccccc4N(C(=O)C4CC4)S(=O)[O-])cc3)c2n1. The van der Waals surface area contributed by atoms with Gasteiger partial charge in [0.2, 0.25) is 5.91 Å². The zero-order chi connectivity index (χ0) is 28.2. The van der Waals surface area contributed by atoms with Gasteiger partial charge in [0, 0.05) is 34.8 Å². The van der Waals surface area contributed by atoms with Crippen molar-refractivity contribution in [3.63, 3.8) is 0 Å². The number of amides is 1. The average Bonchev–Trinajstić information content (AvgIpc) is 3.75. The zero-order valence-electron chi connectivity index (χ0n) is 23.7. The third-order valence-corrected chi connectivity index (χ3v) is 8.46. The fourth-order valence-corrected chi connectivity index (χ4v) is 5.98. The molecule has 2 aromatic heterocycles. The van der Waals surface area contributed by atoms with E-state index in [0.717, 1.165) is 83.7 Å². The number of unbranched alkanes of at least 4 members (excludes halogenated alkanes) is 2. The summed E-state index contributed by atoms with van der Waals surface area (Å²) in [7, 11) is 0. The molecule has 40 heavy (non-hydrogen) atoms. The highest BCUT2D eigenvalue weighted by molar-refractivity contribution is 7.81. The maximum absolute atomic E-state index is 12.8. The Labute approximate surface area is 239 Å². The van der Waals surface area contributed by atoms with E-state index in [4.69, 9.17) is 4.98 Å². The maximum atomic E-state index is 12.8. The molecule has 6 nitrogen and oxygen atoms in total. The number of fused-ring (bicyclic) bond motifs is 1. The molecule has 2 aromatic carbocycles. The molecule has 1 aliphatic rings. The molecule has 5 rings (SSSR count). The fraction of sp³-hybridized carbons (Fsp3) is 0.394. The van der Waals surface area contributed by atoms with Crippen LogP contribution in [0.15, 0.2) is 60.7 Å². The summed E-state index contributed by atoms with van der Waals surface area (Å²) in [6.07, 6.45) is 8.04. The predicted molar refractivity (Wildman–Crippen MR) is 162 cm³/mol. The van der Waals surface area contributed by atoms with Crippen molar-refractivity contribution in [2.45, 2.75) is 78.7 Å². The van der Waals surface area contributed by atoms with Crippen molar-refractivity contribution in [3.05, 3.63) is 83.2 Å². The van der Waals surface area contributed by atoms with Crippen LogP contribution in [0, 0.1) is 12.8 Å². The second-order valence-corrected chi connectivity index (χ2v) is 11.7. The van der Waals surface area contributed by atoms with E-state index in [9.17, 15) is 13.6 Å². The molecule has 1 amide bonds. The van der Waals surface area contributed by atoms with Gasteiger partial charge in [0.05, 0.1) is 17.0 Å². The number of pyridine rings is 1. The van der Waals surface area contributed by atoms with Crippen LogP contribution in [0.4, 0.5) is 5.69 Å². The Hall–Kier alpha value is -3.29. The molecule has 1 atom stereocenters. The minimum atomic E-state index is -2.68. The van der Waals surface area contributed by atoms with Gasteiger partial charge >= 0.3 is 0 Å². The number of benzene rings is 2. The van der Waals surface area contributed by atoms with Gasteiger partial charge in [-0.3, -0.25) is 9.00 Å². The Morgan fingerprint density at radius 3 is 2.40 bits per heavy atom. The molecule has 0 radical (unpaired) electrons. The predicted octanol–water partition coefficient (Wildman–Crippen LogP) is 7.28. The molecule has 210 valence electrons. The van der Waals surface area contributed by atoms with Crippen molar-refractivity contribution >= 4 is 33.9 Å². The molecule has 4 aromatic rings. The first-order valence-corrected chi connectivity index (χ1v) is 15.5. The lowest BCUT2D eigenvalue weighted by molar-refractivity contribution is -0.118. The van der Waals surface area contributed by atoms with Crippen LogP contribution in [0.1, 0.15) is 74.9 Å². The molecule has 0 spiro atoms. The third-order valence-electron chi connectivity index (χ3n) is 7.79. The topological polar surface area (TPSA) is 78.3 Å². The van der Waals surface area contributed by atoms with Crippen molar-refractivity contribution < 1.29 is 13.6 Å². The Bertz CT molecular complexity index is 1520. The smallest absolute Gasteiger partial charge is 0.241 e. The third kappa shape index (κ3) is 6.06. The van der Waals surface area contributed by atoms with Crippen LogP contribution >= 0.6 is 0 Å². The van der Waals surface area contributed by atoms with Crippen LogP contribution < -0.4 is 4.31 Å². The number of rotatable bonds is 12. The second-order valence-electron chi connectivity index (χ2n) is 10.9. The van der Waals surface area contributed by atoms with Gasteiger partial charge in [0.25, 0.3) is 0 Å². The molecular weight excluding hydrogens is 518 g/mol. The molecule has 7 heteroatoms. The van der Waals surface area contributed by atoms with E-state index in [1.807, 2.05) is 24.3 Å². The van der Waals surface area contributed by atoms with E-state index >= 15 is 0 Å². The van der Waals surface area contributed by atoms with E-state index in [0.29, 0.717) is 12.2 Å². The Kier molecular flexibility index (Phi) is 8.81. The van der Waals surface area contributed by atoms with Gasteiger partial charge in [-0.15, -0.1) is 0 Å². The quantitative estimate of drug-likeness (QED) is 0.172. The number of hydrogen-bond acceptors (Lipinski definition) is 4. The van der Waals surface area contributed by atoms with Crippen LogP contribution in [0.5, 0.6) is 0 Å². The van der Waals surface area contributed by atoms with Crippen LogP contribution in [-0.4, -0.2) is 24.2 Å². The normalized spacial score (nSPS) is 14.0. The first kappa shape index (κ1) is 28.2. The molecule has 1 aliphatic carbocycles. The van der Waals surface area contributed by atoms with Gasteiger partial charge in [-0.2, -0.15) is 0 Å². The van der Waals surface area contributed by atoms with Crippen molar-refractivity contribution in [2.75, 3.05) is 4.31 Å². The molecular formula is C33H38N3O3S-. The van der Waals surface area contributed by atoms with E-state index in [-0.39, 0.29) is 11.8 Å². The lowest BCUT2D eigenvalue weighted by Crippen LogP contribution is -2.34. The fourth-order valence-electron chi connectivity index (χ4n) is 5.36. The number of para-hydroxylation sites is 1. The van der Waals surface area contributed by atoms with Crippen LogP contribution in [0.25, 0.3) is 22.2 Å². The summed E-state index contributed by atoms with van der Waals surface area (Å²) in [6, 6.07) is 20.0. The minimum absolute atomic E-state index is 0.202. The summed E-state index contributed by atoms with van der Waals surface area (Å²) in [5, 5.41) is 1.22. The number of anilines is 1. The second kappa shape index (κ2) is 12.5. The molecule has 0 bridgehead atoms. The van der Waals surface area contributed by atoms with Crippen molar-refractivity contribution in [2.24, 2.45) is 5.92 Å².